The average molecular weight is 434 g/mol. The predicted molar refractivity (Wildman–Crippen MR) is 115 cm³/mol. The molecule has 0 spiro atoms. The van der Waals surface area contributed by atoms with Crippen LogP contribution in [-0.2, 0) is 9.59 Å². The summed E-state index contributed by atoms with van der Waals surface area (Å²) in [6.07, 6.45) is 1.39. The Morgan fingerprint density at radius 2 is 2.10 bits per heavy atom. The number of carbonyl (C=O) groups excluding carboxylic acids is 3. The second-order valence-corrected chi connectivity index (χ2v) is 8.38. The van der Waals surface area contributed by atoms with E-state index >= 15 is 0 Å². The molecule has 3 rings (SSSR count). The van der Waals surface area contributed by atoms with Gasteiger partial charge in [-0.2, -0.15) is 0 Å². The Morgan fingerprint density at radius 3 is 2.79 bits per heavy atom. The zero-order valence-corrected chi connectivity index (χ0v) is 18.1. The van der Waals surface area contributed by atoms with Crippen LogP contribution >= 0.6 is 22.9 Å². The summed E-state index contributed by atoms with van der Waals surface area (Å²) in [5.41, 5.74) is 1.52. The van der Waals surface area contributed by atoms with Crippen LogP contribution in [0, 0.1) is 6.92 Å². The van der Waals surface area contributed by atoms with Crippen molar-refractivity contribution < 1.29 is 14.4 Å². The lowest BCUT2D eigenvalue weighted by Crippen LogP contribution is -2.49. The Morgan fingerprint density at radius 1 is 1.31 bits per heavy atom. The number of hydrogen-bond acceptors (Lipinski definition) is 4. The van der Waals surface area contributed by atoms with Crippen LogP contribution in [0.5, 0.6) is 0 Å². The lowest BCUT2D eigenvalue weighted by atomic mass is 10.1. The van der Waals surface area contributed by atoms with Crippen LogP contribution in [0.1, 0.15) is 35.0 Å². The van der Waals surface area contributed by atoms with E-state index < -0.39 is 6.04 Å². The van der Waals surface area contributed by atoms with Crippen molar-refractivity contribution in [1.82, 2.24) is 9.80 Å². The molecule has 0 saturated carbocycles. The maximum atomic E-state index is 13.1. The second-order valence-electron chi connectivity index (χ2n) is 6.99. The molecule has 154 valence electrons. The van der Waals surface area contributed by atoms with Crippen molar-refractivity contribution >= 4 is 46.3 Å². The number of aryl methyl sites for hydroxylation is 1. The molecule has 1 N–H and O–H groups in total. The summed E-state index contributed by atoms with van der Waals surface area (Å²) >= 11 is 7.37. The van der Waals surface area contributed by atoms with Gasteiger partial charge in [0.15, 0.2) is 0 Å². The Balaban J connectivity index is 1.67. The summed E-state index contributed by atoms with van der Waals surface area (Å²) in [5, 5.41) is 5.20. The van der Waals surface area contributed by atoms with E-state index in [1.807, 2.05) is 31.4 Å². The minimum Gasteiger partial charge on any atom is -0.332 e. The number of nitrogens with one attached hydrogen (secondary N) is 1. The smallest absolute Gasteiger partial charge is 0.264 e. The molecule has 1 aliphatic heterocycles. The molecule has 0 aliphatic carbocycles. The van der Waals surface area contributed by atoms with Gasteiger partial charge >= 0.3 is 0 Å². The molecule has 1 fully saturated rings. The predicted octanol–water partition coefficient (Wildman–Crippen LogP) is 3.80. The van der Waals surface area contributed by atoms with Crippen LogP contribution in [0.4, 0.5) is 5.69 Å². The summed E-state index contributed by atoms with van der Waals surface area (Å²) in [6, 6.07) is 8.34. The van der Waals surface area contributed by atoms with E-state index in [1.165, 1.54) is 16.2 Å². The van der Waals surface area contributed by atoms with Gasteiger partial charge in [-0.1, -0.05) is 23.7 Å². The molecule has 1 aromatic carbocycles. The zero-order valence-electron chi connectivity index (χ0n) is 16.5. The molecule has 0 bridgehead atoms. The molecule has 6 nitrogen and oxygen atoms in total. The van der Waals surface area contributed by atoms with Gasteiger partial charge in [-0.25, -0.2) is 0 Å². The fourth-order valence-corrected chi connectivity index (χ4v) is 4.31. The van der Waals surface area contributed by atoms with Crippen molar-refractivity contribution in [3.05, 3.63) is 51.2 Å². The van der Waals surface area contributed by atoms with E-state index in [-0.39, 0.29) is 24.3 Å². The van der Waals surface area contributed by atoms with Crippen LogP contribution in [0.25, 0.3) is 0 Å². The van der Waals surface area contributed by atoms with E-state index in [4.69, 9.17) is 11.6 Å². The minimum atomic E-state index is -0.523. The number of hydrogen-bond donors (Lipinski definition) is 1. The van der Waals surface area contributed by atoms with Crippen molar-refractivity contribution in [2.75, 3.05) is 25.0 Å². The number of likely N-dealkylation sites (N-methyl/N-ethyl adjacent to an activating group) is 1. The molecule has 1 unspecified atom stereocenters. The van der Waals surface area contributed by atoms with E-state index in [0.717, 1.165) is 12.0 Å². The van der Waals surface area contributed by atoms with Gasteiger partial charge in [0.25, 0.3) is 5.91 Å². The highest BCUT2D eigenvalue weighted by atomic mass is 35.5. The molecule has 2 aromatic rings. The molecular weight excluding hydrogens is 410 g/mol. The summed E-state index contributed by atoms with van der Waals surface area (Å²) in [4.78, 5) is 42.1. The molecule has 1 aliphatic rings. The lowest BCUT2D eigenvalue weighted by molar-refractivity contribution is -0.137. The highest BCUT2D eigenvalue weighted by Crippen LogP contribution is 2.24. The van der Waals surface area contributed by atoms with Gasteiger partial charge in [0.1, 0.15) is 6.04 Å². The van der Waals surface area contributed by atoms with E-state index in [9.17, 15) is 14.4 Å². The summed E-state index contributed by atoms with van der Waals surface area (Å²) < 4.78 is 0. The summed E-state index contributed by atoms with van der Waals surface area (Å²) in [6.45, 7) is 4.58. The van der Waals surface area contributed by atoms with Gasteiger partial charge < -0.3 is 15.1 Å². The van der Waals surface area contributed by atoms with E-state index in [2.05, 4.69) is 5.32 Å². The number of carbonyl (C=O) groups is 3. The topological polar surface area (TPSA) is 69.7 Å². The highest BCUT2D eigenvalue weighted by Gasteiger charge is 2.37. The standard InChI is InChI=1S/C21H24ClN3O3S/c1-3-24(13-19(26)23-16-12-15(22)9-8-14(16)2)20(27)17-6-4-10-25(17)21(28)18-7-5-11-29-18/h5,7-9,11-12,17H,3-4,6,10,13H2,1-2H3,(H,23,26). The third kappa shape index (κ3) is 4.97. The molecule has 0 radical (unpaired) electrons. The number of benzene rings is 1. The van der Waals surface area contributed by atoms with Gasteiger partial charge in [-0.3, -0.25) is 14.4 Å². The fourth-order valence-electron chi connectivity index (χ4n) is 3.46. The quantitative estimate of drug-likeness (QED) is 0.753. The molecule has 29 heavy (non-hydrogen) atoms. The Labute approximate surface area is 179 Å². The van der Waals surface area contributed by atoms with Crippen LogP contribution in [0.3, 0.4) is 0 Å². The first kappa shape index (κ1) is 21.3. The number of amides is 3. The van der Waals surface area contributed by atoms with Gasteiger partial charge in [-0.05, 0) is 55.8 Å². The first-order chi connectivity index (χ1) is 13.9. The first-order valence-electron chi connectivity index (χ1n) is 9.60. The minimum absolute atomic E-state index is 0.0706. The molecule has 8 heteroatoms. The monoisotopic (exact) mass is 433 g/mol. The van der Waals surface area contributed by atoms with Crippen molar-refractivity contribution in [1.29, 1.82) is 0 Å². The summed E-state index contributed by atoms with van der Waals surface area (Å²) in [7, 11) is 0. The average Bonchev–Trinajstić information content (AvgIpc) is 3.40. The Bertz CT molecular complexity index is 901. The van der Waals surface area contributed by atoms with Crippen molar-refractivity contribution in [3.63, 3.8) is 0 Å². The Hall–Kier alpha value is -2.38. The lowest BCUT2D eigenvalue weighted by Gasteiger charge is -2.29. The highest BCUT2D eigenvalue weighted by molar-refractivity contribution is 7.12. The van der Waals surface area contributed by atoms with Gasteiger partial charge in [0.05, 0.1) is 11.4 Å². The van der Waals surface area contributed by atoms with E-state index in [0.29, 0.717) is 35.1 Å². The van der Waals surface area contributed by atoms with Crippen molar-refractivity contribution in [2.24, 2.45) is 0 Å². The second kappa shape index (κ2) is 9.41. The molecule has 2 heterocycles. The van der Waals surface area contributed by atoms with E-state index in [1.54, 1.807) is 23.1 Å². The van der Waals surface area contributed by atoms with Crippen LogP contribution < -0.4 is 5.32 Å². The fraction of sp³-hybridized carbons (Fsp3) is 0.381. The molecule has 1 aromatic heterocycles. The number of halogens is 1. The third-order valence-corrected chi connectivity index (χ3v) is 6.13. The zero-order chi connectivity index (χ0) is 21.0. The summed E-state index contributed by atoms with van der Waals surface area (Å²) in [5.74, 6) is -0.599. The number of likely N-dealkylation sites (tertiary alicyclic amines) is 1. The number of anilines is 1. The Kier molecular flexibility index (Phi) is 6.92. The normalized spacial score (nSPS) is 16.0. The first-order valence-corrected chi connectivity index (χ1v) is 10.9. The number of thiophene rings is 1. The SMILES string of the molecule is CCN(CC(=O)Nc1cc(Cl)ccc1C)C(=O)C1CCCN1C(=O)c1cccs1. The molecule has 1 saturated heterocycles. The van der Waals surface area contributed by atoms with Gasteiger partial charge in [0.2, 0.25) is 11.8 Å². The molecule has 3 amide bonds. The number of rotatable bonds is 6. The van der Waals surface area contributed by atoms with Crippen LogP contribution in [0.2, 0.25) is 5.02 Å². The molecular formula is C21H24ClN3O3S. The molecule has 1 atom stereocenters. The third-order valence-electron chi connectivity index (χ3n) is 5.03. The van der Waals surface area contributed by atoms with Crippen LogP contribution in [0.15, 0.2) is 35.7 Å². The van der Waals surface area contributed by atoms with Gasteiger partial charge in [0, 0.05) is 23.8 Å². The van der Waals surface area contributed by atoms with Crippen LogP contribution in [-0.4, -0.2) is 53.2 Å². The largest absolute Gasteiger partial charge is 0.332 e. The van der Waals surface area contributed by atoms with Crippen molar-refractivity contribution in [2.45, 2.75) is 32.7 Å². The maximum Gasteiger partial charge on any atom is 0.264 e. The van der Waals surface area contributed by atoms with Crippen molar-refractivity contribution in [3.8, 4) is 0 Å². The number of nitrogens with zero attached hydrogens (tertiary/aromatic N) is 2. The van der Waals surface area contributed by atoms with Gasteiger partial charge in [-0.15, -0.1) is 11.3 Å². The maximum absolute atomic E-state index is 13.1.